The lowest BCUT2D eigenvalue weighted by Gasteiger charge is -2.13. The second-order valence-electron chi connectivity index (χ2n) is 4.52. The van der Waals surface area contributed by atoms with Crippen LogP contribution in [0.15, 0.2) is 18.2 Å². The van der Waals surface area contributed by atoms with Gasteiger partial charge in [0.2, 0.25) is 0 Å². The summed E-state index contributed by atoms with van der Waals surface area (Å²) < 4.78 is 18.7. The number of carbonyl (C=O) groups is 1. The highest BCUT2D eigenvalue weighted by Crippen LogP contribution is 2.21. The molecule has 5 heteroatoms. The van der Waals surface area contributed by atoms with E-state index in [0.717, 1.165) is 6.42 Å². The lowest BCUT2D eigenvalue weighted by molar-refractivity contribution is -0.123. The third-order valence-corrected chi connectivity index (χ3v) is 2.81. The molecule has 2 unspecified atom stereocenters. The summed E-state index contributed by atoms with van der Waals surface area (Å²) in [4.78, 5) is 11.5. The molecule has 0 saturated carbocycles. The van der Waals surface area contributed by atoms with Crippen molar-refractivity contribution in [2.24, 2.45) is 0 Å². The van der Waals surface area contributed by atoms with E-state index in [0.29, 0.717) is 0 Å². The van der Waals surface area contributed by atoms with Crippen LogP contribution in [0.1, 0.15) is 38.9 Å². The van der Waals surface area contributed by atoms with E-state index in [2.05, 4.69) is 5.32 Å². The molecule has 0 aliphatic carbocycles. The molecule has 0 heterocycles. The number of hydrogen-bond acceptors (Lipinski definition) is 3. The lowest BCUT2D eigenvalue weighted by Crippen LogP contribution is -2.35. The topological polar surface area (TPSA) is 58.6 Å². The molecule has 106 valence electrons. The Morgan fingerprint density at radius 2 is 2.16 bits per heavy atom. The Morgan fingerprint density at radius 1 is 1.47 bits per heavy atom. The highest BCUT2D eigenvalue weighted by atomic mass is 19.1. The zero-order valence-electron chi connectivity index (χ0n) is 11.4. The van der Waals surface area contributed by atoms with Gasteiger partial charge in [0.15, 0.2) is 6.61 Å². The largest absolute Gasteiger partial charge is 0.484 e. The van der Waals surface area contributed by atoms with Crippen molar-refractivity contribution < 1.29 is 19.0 Å². The number of ether oxygens (including phenoxy) is 1. The van der Waals surface area contributed by atoms with Gasteiger partial charge in [-0.25, -0.2) is 4.39 Å². The zero-order chi connectivity index (χ0) is 14.4. The van der Waals surface area contributed by atoms with Crippen molar-refractivity contribution >= 4 is 5.91 Å². The van der Waals surface area contributed by atoms with E-state index < -0.39 is 11.9 Å². The fourth-order valence-corrected chi connectivity index (χ4v) is 1.50. The maximum atomic E-state index is 13.5. The molecule has 0 bridgehead atoms. The molecular formula is C14H20FNO3. The number of rotatable bonds is 6. The number of benzene rings is 1. The monoisotopic (exact) mass is 269 g/mol. The Morgan fingerprint density at radius 3 is 2.68 bits per heavy atom. The van der Waals surface area contributed by atoms with Crippen LogP contribution in [0.5, 0.6) is 5.75 Å². The molecule has 1 amide bonds. The average Bonchev–Trinajstić information content (AvgIpc) is 2.35. The van der Waals surface area contributed by atoms with Crippen molar-refractivity contribution in [3.05, 3.63) is 29.6 Å². The second kappa shape index (κ2) is 7.09. The van der Waals surface area contributed by atoms with Gasteiger partial charge in [-0.3, -0.25) is 4.79 Å². The molecular weight excluding hydrogens is 249 g/mol. The third-order valence-electron chi connectivity index (χ3n) is 2.81. The molecule has 1 rings (SSSR count). The van der Waals surface area contributed by atoms with E-state index in [4.69, 9.17) is 4.74 Å². The van der Waals surface area contributed by atoms with Crippen LogP contribution in [0.4, 0.5) is 4.39 Å². The van der Waals surface area contributed by atoms with Gasteiger partial charge in [-0.1, -0.05) is 6.92 Å². The number of halogens is 1. The molecule has 2 N–H and O–H groups in total. The summed E-state index contributed by atoms with van der Waals surface area (Å²) in [7, 11) is 0. The zero-order valence-corrected chi connectivity index (χ0v) is 11.4. The van der Waals surface area contributed by atoms with Crippen molar-refractivity contribution in [1.82, 2.24) is 5.32 Å². The molecule has 0 fully saturated rings. The standard InChI is InChI=1S/C14H20FNO3/c1-4-9(2)16-14(18)8-19-11-5-6-12(10(3)17)13(15)7-11/h5-7,9-10,17H,4,8H2,1-3H3,(H,16,18). The fourth-order valence-electron chi connectivity index (χ4n) is 1.50. The first-order valence-electron chi connectivity index (χ1n) is 6.33. The summed E-state index contributed by atoms with van der Waals surface area (Å²) in [6.45, 7) is 5.20. The number of hydrogen-bond donors (Lipinski definition) is 2. The van der Waals surface area contributed by atoms with Crippen LogP contribution in [0.3, 0.4) is 0 Å². The Balaban J connectivity index is 2.54. The van der Waals surface area contributed by atoms with E-state index >= 15 is 0 Å². The summed E-state index contributed by atoms with van der Waals surface area (Å²) >= 11 is 0. The molecule has 2 atom stereocenters. The molecule has 0 radical (unpaired) electrons. The number of aliphatic hydroxyl groups is 1. The first kappa shape index (κ1) is 15.4. The summed E-state index contributed by atoms with van der Waals surface area (Å²) in [6.07, 6.45) is -0.0357. The Bertz CT molecular complexity index is 435. The molecule has 4 nitrogen and oxygen atoms in total. The minimum atomic E-state index is -0.872. The quantitative estimate of drug-likeness (QED) is 0.832. The van der Waals surface area contributed by atoms with Crippen LogP contribution in [-0.4, -0.2) is 23.7 Å². The fraction of sp³-hybridized carbons (Fsp3) is 0.500. The maximum Gasteiger partial charge on any atom is 0.258 e. The van der Waals surface area contributed by atoms with Crippen molar-refractivity contribution in [2.45, 2.75) is 39.3 Å². The van der Waals surface area contributed by atoms with Crippen LogP contribution in [0, 0.1) is 5.82 Å². The minimum Gasteiger partial charge on any atom is -0.484 e. The second-order valence-corrected chi connectivity index (χ2v) is 4.52. The molecule has 0 saturated heterocycles. The maximum absolute atomic E-state index is 13.5. The van der Waals surface area contributed by atoms with Crippen LogP contribution < -0.4 is 10.1 Å². The van der Waals surface area contributed by atoms with Gasteiger partial charge in [0.25, 0.3) is 5.91 Å². The van der Waals surface area contributed by atoms with E-state index in [1.54, 1.807) is 0 Å². The van der Waals surface area contributed by atoms with Crippen LogP contribution in [0.2, 0.25) is 0 Å². The van der Waals surface area contributed by atoms with Gasteiger partial charge < -0.3 is 15.2 Å². The predicted molar refractivity (Wildman–Crippen MR) is 70.4 cm³/mol. The summed E-state index contributed by atoms with van der Waals surface area (Å²) in [6, 6.07) is 4.23. The molecule has 0 aliphatic rings. The van der Waals surface area contributed by atoms with Gasteiger partial charge in [0, 0.05) is 17.7 Å². The van der Waals surface area contributed by atoms with Crippen molar-refractivity contribution in [3.63, 3.8) is 0 Å². The van der Waals surface area contributed by atoms with E-state index in [1.807, 2.05) is 13.8 Å². The number of nitrogens with one attached hydrogen (secondary N) is 1. The van der Waals surface area contributed by atoms with Gasteiger partial charge in [0.05, 0.1) is 6.10 Å². The molecule has 0 spiro atoms. The predicted octanol–water partition coefficient (Wildman–Crippen LogP) is 2.17. The SMILES string of the molecule is CCC(C)NC(=O)COc1ccc(C(C)O)c(F)c1. The van der Waals surface area contributed by atoms with Crippen LogP contribution in [0.25, 0.3) is 0 Å². The van der Waals surface area contributed by atoms with Crippen LogP contribution in [-0.2, 0) is 4.79 Å². The third kappa shape index (κ3) is 4.87. The minimum absolute atomic E-state index is 0.0884. The molecule has 0 aliphatic heterocycles. The first-order chi connectivity index (χ1) is 8.93. The Kier molecular flexibility index (Phi) is 5.76. The van der Waals surface area contributed by atoms with Gasteiger partial charge in [-0.15, -0.1) is 0 Å². The van der Waals surface area contributed by atoms with E-state index in [9.17, 15) is 14.3 Å². The molecule has 1 aromatic rings. The highest BCUT2D eigenvalue weighted by Gasteiger charge is 2.10. The van der Waals surface area contributed by atoms with Crippen molar-refractivity contribution in [1.29, 1.82) is 0 Å². The first-order valence-corrected chi connectivity index (χ1v) is 6.33. The Hall–Kier alpha value is -1.62. The van der Waals surface area contributed by atoms with Crippen molar-refractivity contribution in [2.75, 3.05) is 6.61 Å². The number of amides is 1. The normalized spacial score (nSPS) is 13.7. The molecule has 19 heavy (non-hydrogen) atoms. The number of carbonyl (C=O) groups excluding carboxylic acids is 1. The van der Waals surface area contributed by atoms with Gasteiger partial charge in [0.1, 0.15) is 11.6 Å². The van der Waals surface area contributed by atoms with Gasteiger partial charge in [-0.05, 0) is 32.4 Å². The van der Waals surface area contributed by atoms with E-state index in [1.165, 1.54) is 25.1 Å². The lowest BCUT2D eigenvalue weighted by atomic mass is 10.1. The van der Waals surface area contributed by atoms with Gasteiger partial charge in [-0.2, -0.15) is 0 Å². The molecule has 0 aromatic heterocycles. The van der Waals surface area contributed by atoms with Gasteiger partial charge >= 0.3 is 0 Å². The Labute approximate surface area is 112 Å². The smallest absolute Gasteiger partial charge is 0.258 e. The number of aliphatic hydroxyl groups excluding tert-OH is 1. The van der Waals surface area contributed by atoms with E-state index in [-0.39, 0.29) is 29.9 Å². The average molecular weight is 269 g/mol. The summed E-state index contributed by atoms with van der Waals surface area (Å²) in [5, 5.41) is 12.0. The van der Waals surface area contributed by atoms with Crippen LogP contribution >= 0.6 is 0 Å². The van der Waals surface area contributed by atoms with Crippen molar-refractivity contribution in [3.8, 4) is 5.75 Å². The summed E-state index contributed by atoms with van der Waals surface area (Å²) in [5.41, 5.74) is 0.205. The highest BCUT2D eigenvalue weighted by molar-refractivity contribution is 5.77. The molecule has 1 aromatic carbocycles. The summed E-state index contributed by atoms with van der Waals surface area (Å²) in [5.74, 6) is -0.523.